The lowest BCUT2D eigenvalue weighted by atomic mass is 10.2. The van der Waals surface area contributed by atoms with Crippen LogP contribution in [0.25, 0.3) is 11.4 Å². The summed E-state index contributed by atoms with van der Waals surface area (Å²) in [6.45, 7) is 0.203. The summed E-state index contributed by atoms with van der Waals surface area (Å²) < 4.78 is 38.1. The van der Waals surface area contributed by atoms with Crippen molar-refractivity contribution in [1.82, 2.24) is 19.9 Å². The van der Waals surface area contributed by atoms with Gasteiger partial charge in [-0.2, -0.15) is 4.98 Å². The minimum atomic E-state index is -3.70. The van der Waals surface area contributed by atoms with Gasteiger partial charge in [0.25, 0.3) is 5.91 Å². The van der Waals surface area contributed by atoms with E-state index in [0.717, 1.165) is 4.88 Å². The second kappa shape index (κ2) is 10.0. The van der Waals surface area contributed by atoms with Crippen LogP contribution in [0.3, 0.4) is 0 Å². The first-order chi connectivity index (χ1) is 16.4. The van der Waals surface area contributed by atoms with Crippen LogP contribution in [0.1, 0.15) is 15.2 Å². The minimum Gasteiger partial charge on any atom is -0.497 e. The van der Waals surface area contributed by atoms with Crippen LogP contribution >= 0.6 is 11.3 Å². The number of hydrogen-bond donors (Lipinski definition) is 3. The van der Waals surface area contributed by atoms with Gasteiger partial charge in [-0.1, -0.05) is 6.07 Å². The van der Waals surface area contributed by atoms with Gasteiger partial charge in [0.15, 0.2) is 5.82 Å². The lowest BCUT2D eigenvalue weighted by Gasteiger charge is -2.08. The van der Waals surface area contributed by atoms with Gasteiger partial charge in [0.2, 0.25) is 16.0 Å². The summed E-state index contributed by atoms with van der Waals surface area (Å²) in [5.74, 6) is 1.13. The van der Waals surface area contributed by atoms with Crippen LogP contribution in [0.2, 0.25) is 0 Å². The maximum atomic E-state index is 12.6. The Morgan fingerprint density at radius 3 is 2.56 bits per heavy atom. The fourth-order valence-electron chi connectivity index (χ4n) is 3.05. The average Bonchev–Trinajstić information content (AvgIpc) is 3.55. The van der Waals surface area contributed by atoms with Crippen molar-refractivity contribution in [2.24, 2.45) is 0 Å². The van der Waals surface area contributed by atoms with E-state index in [1.54, 1.807) is 25.3 Å². The highest BCUT2D eigenvalue weighted by Gasteiger charge is 2.17. The number of nitrogens with one attached hydrogen (secondary N) is 3. The van der Waals surface area contributed by atoms with Gasteiger partial charge in [-0.15, -0.1) is 16.4 Å². The third-order valence-electron chi connectivity index (χ3n) is 4.82. The summed E-state index contributed by atoms with van der Waals surface area (Å²) in [6, 6.07) is 14.5. The normalized spacial score (nSPS) is 11.2. The van der Waals surface area contributed by atoms with Crippen molar-refractivity contribution in [2.75, 3.05) is 19.5 Å². The molecule has 0 radical (unpaired) electrons. The van der Waals surface area contributed by atoms with E-state index in [1.165, 1.54) is 42.7 Å². The van der Waals surface area contributed by atoms with E-state index in [9.17, 15) is 13.2 Å². The summed E-state index contributed by atoms with van der Waals surface area (Å²) in [5, 5.41) is 11.2. The second-order valence-electron chi connectivity index (χ2n) is 6.96. The number of H-pyrrole nitrogens is 1. The van der Waals surface area contributed by atoms with Crippen molar-refractivity contribution in [2.45, 2.75) is 11.4 Å². The number of aromatic amines is 1. The van der Waals surface area contributed by atoms with Crippen molar-refractivity contribution >= 4 is 33.2 Å². The first kappa shape index (κ1) is 23.4. The molecule has 4 rings (SSSR count). The fourth-order valence-corrected chi connectivity index (χ4v) is 4.80. The number of rotatable bonds is 9. The Morgan fingerprint density at radius 2 is 1.88 bits per heavy atom. The zero-order chi connectivity index (χ0) is 24.1. The van der Waals surface area contributed by atoms with Crippen molar-refractivity contribution in [3.63, 3.8) is 0 Å². The van der Waals surface area contributed by atoms with E-state index in [-0.39, 0.29) is 23.0 Å². The Morgan fingerprint density at radius 1 is 1.09 bits per heavy atom. The molecule has 176 valence electrons. The van der Waals surface area contributed by atoms with Gasteiger partial charge in [0.1, 0.15) is 11.5 Å². The SMILES string of the molecule is COc1ccc(-c2nc(NC(=O)c3ccc(S(=O)(=O)NCc4cccs4)cc3)n[nH]2)c(OC)c1. The topological polar surface area (TPSA) is 135 Å². The average molecular weight is 500 g/mol. The number of anilines is 1. The number of nitrogens with zero attached hydrogens (tertiary/aromatic N) is 2. The third kappa shape index (κ3) is 5.25. The van der Waals surface area contributed by atoms with Crippen molar-refractivity contribution in [1.29, 1.82) is 0 Å². The van der Waals surface area contributed by atoms with Gasteiger partial charge in [0, 0.05) is 23.1 Å². The van der Waals surface area contributed by atoms with Crippen LogP contribution in [-0.4, -0.2) is 43.7 Å². The standard InChI is InChI=1S/C22H21N5O5S2/c1-31-15-7-10-18(19(12-15)32-2)20-24-22(27-26-20)25-21(28)14-5-8-17(9-6-14)34(29,30)23-13-16-4-3-11-33-16/h3-12,23H,13H2,1-2H3,(H2,24,25,26,27,28). The lowest BCUT2D eigenvalue weighted by molar-refractivity contribution is 0.102. The number of amides is 1. The van der Waals surface area contributed by atoms with Gasteiger partial charge in [-0.25, -0.2) is 13.1 Å². The third-order valence-corrected chi connectivity index (χ3v) is 7.11. The summed E-state index contributed by atoms with van der Waals surface area (Å²) in [7, 11) is -0.620. The van der Waals surface area contributed by atoms with Crippen LogP contribution in [0.4, 0.5) is 5.95 Å². The lowest BCUT2D eigenvalue weighted by Crippen LogP contribution is -2.23. The molecule has 1 amide bonds. The van der Waals surface area contributed by atoms with E-state index in [4.69, 9.17) is 9.47 Å². The van der Waals surface area contributed by atoms with E-state index in [1.807, 2.05) is 17.5 Å². The summed E-state index contributed by atoms with van der Waals surface area (Å²) in [5.41, 5.74) is 0.895. The first-order valence-corrected chi connectivity index (χ1v) is 12.3. The van der Waals surface area contributed by atoms with Crippen molar-refractivity contribution < 1.29 is 22.7 Å². The van der Waals surface area contributed by atoms with Crippen molar-refractivity contribution in [3.05, 3.63) is 70.4 Å². The van der Waals surface area contributed by atoms with Gasteiger partial charge >= 0.3 is 0 Å². The number of benzene rings is 2. The number of hydrogen-bond acceptors (Lipinski definition) is 8. The number of sulfonamides is 1. The molecule has 0 aliphatic heterocycles. The minimum absolute atomic E-state index is 0.0622. The Kier molecular flexibility index (Phi) is 6.91. The van der Waals surface area contributed by atoms with Crippen LogP contribution in [0.15, 0.2) is 64.9 Å². The largest absolute Gasteiger partial charge is 0.497 e. The Labute approximate surface area is 200 Å². The molecule has 2 aromatic carbocycles. The zero-order valence-corrected chi connectivity index (χ0v) is 19.9. The molecule has 3 N–H and O–H groups in total. The number of carbonyl (C=O) groups is 1. The molecule has 2 aromatic heterocycles. The Hall–Kier alpha value is -3.74. The highest BCUT2D eigenvalue weighted by Crippen LogP contribution is 2.31. The molecular formula is C22H21N5O5S2. The van der Waals surface area contributed by atoms with Crippen LogP contribution in [0.5, 0.6) is 11.5 Å². The molecule has 0 aliphatic rings. The molecule has 0 saturated carbocycles. The predicted molar refractivity (Wildman–Crippen MR) is 128 cm³/mol. The molecule has 0 bridgehead atoms. The second-order valence-corrected chi connectivity index (χ2v) is 9.76. The molecular weight excluding hydrogens is 478 g/mol. The number of aromatic nitrogens is 3. The maximum absolute atomic E-state index is 12.6. The van der Waals surface area contributed by atoms with Crippen LogP contribution in [0, 0.1) is 0 Å². The van der Waals surface area contributed by atoms with Gasteiger partial charge < -0.3 is 9.47 Å². The molecule has 4 aromatic rings. The van der Waals surface area contributed by atoms with Gasteiger partial charge in [-0.05, 0) is 47.8 Å². The fraction of sp³-hybridized carbons (Fsp3) is 0.136. The first-order valence-electron chi connectivity index (χ1n) is 9.98. The molecule has 0 saturated heterocycles. The number of thiophene rings is 1. The number of methoxy groups -OCH3 is 2. The van der Waals surface area contributed by atoms with Gasteiger partial charge in [-0.3, -0.25) is 15.2 Å². The highest BCUT2D eigenvalue weighted by atomic mass is 32.2. The van der Waals surface area contributed by atoms with Crippen LogP contribution in [-0.2, 0) is 16.6 Å². The summed E-state index contributed by atoms with van der Waals surface area (Å²) in [6.07, 6.45) is 0. The molecule has 12 heteroatoms. The Balaban J connectivity index is 1.43. The summed E-state index contributed by atoms with van der Waals surface area (Å²) >= 11 is 1.46. The quantitative estimate of drug-likeness (QED) is 0.322. The molecule has 2 heterocycles. The molecule has 0 spiro atoms. The van der Waals surface area contributed by atoms with E-state index >= 15 is 0 Å². The summed E-state index contributed by atoms with van der Waals surface area (Å²) in [4.78, 5) is 17.9. The molecule has 0 aliphatic carbocycles. The zero-order valence-electron chi connectivity index (χ0n) is 18.2. The number of ether oxygens (including phenoxy) is 2. The monoisotopic (exact) mass is 499 g/mol. The molecule has 0 atom stereocenters. The molecule has 0 fully saturated rings. The maximum Gasteiger partial charge on any atom is 0.258 e. The van der Waals surface area contributed by atoms with Crippen LogP contribution < -0.4 is 19.5 Å². The highest BCUT2D eigenvalue weighted by molar-refractivity contribution is 7.89. The molecule has 0 unspecified atom stereocenters. The molecule has 10 nitrogen and oxygen atoms in total. The van der Waals surface area contributed by atoms with E-state index in [0.29, 0.717) is 22.9 Å². The smallest absolute Gasteiger partial charge is 0.258 e. The number of carbonyl (C=O) groups excluding carboxylic acids is 1. The van der Waals surface area contributed by atoms with E-state index in [2.05, 4.69) is 25.2 Å². The van der Waals surface area contributed by atoms with Crippen molar-refractivity contribution in [3.8, 4) is 22.9 Å². The molecule has 34 heavy (non-hydrogen) atoms. The predicted octanol–water partition coefficient (Wildman–Crippen LogP) is 3.28. The Bertz CT molecular complexity index is 1380. The van der Waals surface area contributed by atoms with E-state index < -0.39 is 15.9 Å². The van der Waals surface area contributed by atoms with Gasteiger partial charge in [0.05, 0.1) is 24.7 Å².